The molecule has 0 aliphatic carbocycles. The van der Waals surface area contributed by atoms with Gasteiger partial charge in [0.1, 0.15) is 0 Å². The number of nitrogens with one attached hydrogen (secondary N) is 1. The molecular formula is C11H22N2O. The second kappa shape index (κ2) is 7.56. The highest BCUT2D eigenvalue weighted by molar-refractivity contribution is 5.76. The lowest BCUT2D eigenvalue weighted by Gasteiger charge is -2.11. The monoisotopic (exact) mass is 198 g/mol. The summed E-state index contributed by atoms with van der Waals surface area (Å²) in [5, 5.41) is 2.89. The fraction of sp³-hybridized carbons (Fsp3) is 0.727. The minimum atomic E-state index is 0.137. The summed E-state index contributed by atoms with van der Waals surface area (Å²) in [5.41, 5.74) is 0. The molecule has 0 heterocycles. The topological polar surface area (TPSA) is 32.3 Å². The van der Waals surface area contributed by atoms with Crippen LogP contribution in [0, 0.1) is 5.92 Å². The van der Waals surface area contributed by atoms with Crippen molar-refractivity contribution in [1.82, 2.24) is 10.2 Å². The van der Waals surface area contributed by atoms with Gasteiger partial charge in [0.05, 0.1) is 0 Å². The summed E-state index contributed by atoms with van der Waals surface area (Å²) in [5.74, 6) is 0.469. The number of carbonyl (C=O) groups excluding carboxylic acids is 1. The van der Waals surface area contributed by atoms with Gasteiger partial charge in [-0.1, -0.05) is 19.1 Å². The molecule has 0 rings (SSSR count). The van der Waals surface area contributed by atoms with Gasteiger partial charge in [0.15, 0.2) is 0 Å². The normalized spacial score (nSPS) is 13.5. The zero-order chi connectivity index (χ0) is 11.0. The molecule has 82 valence electrons. The van der Waals surface area contributed by atoms with Crippen molar-refractivity contribution >= 4 is 5.91 Å². The summed E-state index contributed by atoms with van der Waals surface area (Å²) in [6.45, 7) is 5.64. The van der Waals surface area contributed by atoms with E-state index >= 15 is 0 Å². The number of amides is 1. The van der Waals surface area contributed by atoms with Crippen LogP contribution in [0.4, 0.5) is 0 Å². The van der Waals surface area contributed by atoms with Gasteiger partial charge in [0.25, 0.3) is 0 Å². The lowest BCUT2D eigenvalue weighted by Crippen LogP contribution is -2.31. The number of rotatable bonds is 6. The molecule has 0 saturated heterocycles. The molecule has 0 aliphatic rings. The average molecular weight is 198 g/mol. The molecule has 0 radical (unpaired) electrons. The van der Waals surface area contributed by atoms with Crippen LogP contribution in [-0.4, -0.2) is 38.0 Å². The smallest absolute Gasteiger partial charge is 0.220 e. The molecule has 0 aromatic rings. The molecule has 1 unspecified atom stereocenters. The molecule has 14 heavy (non-hydrogen) atoms. The van der Waals surface area contributed by atoms with Crippen LogP contribution in [0.15, 0.2) is 12.2 Å². The Morgan fingerprint density at radius 2 is 2.14 bits per heavy atom. The van der Waals surface area contributed by atoms with Crippen LogP contribution in [0.2, 0.25) is 0 Å². The van der Waals surface area contributed by atoms with Crippen molar-refractivity contribution in [2.45, 2.75) is 20.3 Å². The third kappa shape index (κ3) is 7.80. The van der Waals surface area contributed by atoms with Crippen molar-refractivity contribution in [3.05, 3.63) is 12.2 Å². The highest BCUT2D eigenvalue weighted by Gasteiger charge is 2.04. The maximum Gasteiger partial charge on any atom is 0.220 e. The van der Waals surface area contributed by atoms with E-state index in [1.165, 1.54) is 0 Å². The van der Waals surface area contributed by atoms with E-state index in [0.717, 1.165) is 13.1 Å². The number of hydrogen-bond donors (Lipinski definition) is 1. The number of hydrogen-bond acceptors (Lipinski definition) is 2. The van der Waals surface area contributed by atoms with Crippen LogP contribution in [0.1, 0.15) is 20.3 Å². The Morgan fingerprint density at radius 1 is 1.50 bits per heavy atom. The van der Waals surface area contributed by atoms with Gasteiger partial charge in [-0.05, 0) is 26.9 Å². The van der Waals surface area contributed by atoms with E-state index < -0.39 is 0 Å². The first kappa shape index (κ1) is 13.2. The lowest BCUT2D eigenvalue weighted by atomic mass is 10.1. The number of likely N-dealkylation sites (N-methyl/N-ethyl adjacent to an activating group) is 1. The molecule has 1 amide bonds. The van der Waals surface area contributed by atoms with Crippen LogP contribution in [0.5, 0.6) is 0 Å². The fourth-order valence-corrected chi connectivity index (χ4v) is 1.18. The van der Waals surface area contributed by atoms with Crippen molar-refractivity contribution in [3.8, 4) is 0 Å². The molecule has 0 aromatic heterocycles. The zero-order valence-corrected chi connectivity index (χ0v) is 9.71. The molecule has 3 heteroatoms. The third-order valence-electron chi connectivity index (χ3n) is 1.91. The van der Waals surface area contributed by atoms with E-state index in [-0.39, 0.29) is 5.91 Å². The van der Waals surface area contributed by atoms with Crippen LogP contribution >= 0.6 is 0 Å². The van der Waals surface area contributed by atoms with E-state index in [0.29, 0.717) is 12.3 Å². The van der Waals surface area contributed by atoms with E-state index in [4.69, 9.17) is 0 Å². The van der Waals surface area contributed by atoms with Crippen molar-refractivity contribution in [3.63, 3.8) is 0 Å². The first-order valence-corrected chi connectivity index (χ1v) is 5.10. The van der Waals surface area contributed by atoms with Gasteiger partial charge in [-0.3, -0.25) is 4.79 Å². The van der Waals surface area contributed by atoms with Crippen molar-refractivity contribution < 1.29 is 4.79 Å². The van der Waals surface area contributed by atoms with Crippen molar-refractivity contribution in [2.75, 3.05) is 27.2 Å². The standard InChI is InChI=1S/C11H22N2O/c1-5-6-10(2)9-11(14)12-7-8-13(3)4/h5-6,10H,7-9H2,1-4H3,(H,12,14)/b6-5+. The first-order valence-electron chi connectivity index (χ1n) is 5.10. The molecule has 0 aromatic carbocycles. The Labute approximate surface area is 87.2 Å². The van der Waals surface area contributed by atoms with Crippen molar-refractivity contribution in [1.29, 1.82) is 0 Å². The third-order valence-corrected chi connectivity index (χ3v) is 1.91. The SMILES string of the molecule is C/C=C/C(C)CC(=O)NCCN(C)C. The molecule has 0 fully saturated rings. The molecular weight excluding hydrogens is 176 g/mol. The lowest BCUT2D eigenvalue weighted by molar-refractivity contribution is -0.121. The van der Waals surface area contributed by atoms with Gasteiger partial charge in [-0.15, -0.1) is 0 Å². The van der Waals surface area contributed by atoms with E-state index in [9.17, 15) is 4.79 Å². The predicted octanol–water partition coefficient (Wildman–Crippen LogP) is 1.27. The van der Waals surface area contributed by atoms with Crippen LogP contribution in [0.3, 0.4) is 0 Å². The van der Waals surface area contributed by atoms with Gasteiger partial charge in [-0.2, -0.15) is 0 Å². The van der Waals surface area contributed by atoms with Crippen molar-refractivity contribution in [2.24, 2.45) is 5.92 Å². The Bertz CT molecular complexity index is 188. The van der Waals surface area contributed by atoms with E-state index in [1.54, 1.807) is 0 Å². The quantitative estimate of drug-likeness (QED) is 0.652. The number of nitrogens with zero attached hydrogens (tertiary/aromatic N) is 1. The fourth-order valence-electron chi connectivity index (χ4n) is 1.18. The summed E-state index contributed by atoms with van der Waals surface area (Å²) in [6, 6.07) is 0. The molecule has 0 spiro atoms. The molecule has 0 aliphatic heterocycles. The second-order valence-electron chi connectivity index (χ2n) is 3.86. The minimum absolute atomic E-state index is 0.137. The average Bonchev–Trinajstić information content (AvgIpc) is 2.03. The number of allylic oxidation sites excluding steroid dienone is 2. The predicted molar refractivity (Wildman–Crippen MR) is 60.2 cm³/mol. The van der Waals surface area contributed by atoms with Crippen LogP contribution in [-0.2, 0) is 4.79 Å². The molecule has 3 nitrogen and oxygen atoms in total. The summed E-state index contributed by atoms with van der Waals surface area (Å²) < 4.78 is 0. The minimum Gasteiger partial charge on any atom is -0.355 e. The molecule has 1 N–H and O–H groups in total. The van der Waals surface area contributed by atoms with Gasteiger partial charge < -0.3 is 10.2 Å². The van der Waals surface area contributed by atoms with Gasteiger partial charge in [-0.25, -0.2) is 0 Å². The highest BCUT2D eigenvalue weighted by Crippen LogP contribution is 2.02. The largest absolute Gasteiger partial charge is 0.355 e. The Morgan fingerprint density at radius 3 is 2.64 bits per heavy atom. The summed E-state index contributed by atoms with van der Waals surface area (Å²) in [4.78, 5) is 13.4. The molecule has 1 atom stereocenters. The van der Waals surface area contributed by atoms with E-state index in [2.05, 4.69) is 10.2 Å². The maximum atomic E-state index is 11.3. The second-order valence-corrected chi connectivity index (χ2v) is 3.86. The van der Waals surface area contributed by atoms with E-state index in [1.807, 2.05) is 40.1 Å². The number of carbonyl (C=O) groups is 1. The Balaban J connectivity index is 3.55. The first-order chi connectivity index (χ1) is 6.56. The highest BCUT2D eigenvalue weighted by atomic mass is 16.1. The van der Waals surface area contributed by atoms with Gasteiger partial charge in [0.2, 0.25) is 5.91 Å². The summed E-state index contributed by atoms with van der Waals surface area (Å²) in [6.07, 6.45) is 4.61. The molecule has 0 saturated carbocycles. The summed E-state index contributed by atoms with van der Waals surface area (Å²) >= 11 is 0. The Kier molecular flexibility index (Phi) is 7.11. The van der Waals surface area contributed by atoms with Crippen LogP contribution in [0.25, 0.3) is 0 Å². The maximum absolute atomic E-state index is 11.3. The van der Waals surface area contributed by atoms with Gasteiger partial charge in [0, 0.05) is 19.5 Å². The van der Waals surface area contributed by atoms with Crippen LogP contribution < -0.4 is 5.32 Å². The van der Waals surface area contributed by atoms with Gasteiger partial charge >= 0.3 is 0 Å². The Hall–Kier alpha value is -0.830. The summed E-state index contributed by atoms with van der Waals surface area (Å²) in [7, 11) is 3.99. The zero-order valence-electron chi connectivity index (χ0n) is 9.71. The molecule has 0 bridgehead atoms.